The predicted molar refractivity (Wildman–Crippen MR) is 63.7 cm³/mol. The molecule has 100 valence electrons. The van der Waals surface area contributed by atoms with Crippen molar-refractivity contribution in [3.8, 4) is 0 Å². The highest BCUT2D eigenvalue weighted by molar-refractivity contribution is 6.38. The Bertz CT molecular complexity index is 537. The smallest absolute Gasteiger partial charge is 0.375 e. The molecule has 7 nitrogen and oxygen atoms in total. The molecule has 7 heteroatoms. The fourth-order valence-electron chi connectivity index (χ4n) is 1.32. The zero-order valence-corrected chi connectivity index (χ0v) is 10.1. The van der Waals surface area contributed by atoms with Crippen molar-refractivity contribution in [3.63, 3.8) is 0 Å². The molecule has 0 aliphatic heterocycles. The summed E-state index contributed by atoms with van der Waals surface area (Å²) in [6, 6.07) is 4.96. The molecule has 1 rings (SSSR count). The van der Waals surface area contributed by atoms with E-state index in [-0.39, 0.29) is 17.9 Å². The highest BCUT2D eigenvalue weighted by atomic mass is 16.6. The Morgan fingerprint density at radius 1 is 1.32 bits per heavy atom. The van der Waals surface area contributed by atoms with Crippen molar-refractivity contribution in [1.29, 1.82) is 0 Å². The molecule has 0 unspecified atom stereocenters. The van der Waals surface area contributed by atoms with Crippen molar-refractivity contribution in [2.75, 3.05) is 6.61 Å². The zero-order chi connectivity index (χ0) is 14.4. The van der Waals surface area contributed by atoms with Gasteiger partial charge in [-0.2, -0.15) is 0 Å². The van der Waals surface area contributed by atoms with Gasteiger partial charge in [-0.25, -0.2) is 4.79 Å². The summed E-state index contributed by atoms with van der Waals surface area (Å²) in [4.78, 5) is 43.9. The number of ketones is 2. The molecule has 1 aromatic rings. The maximum atomic E-state index is 11.7. The second-order valence-corrected chi connectivity index (χ2v) is 3.55. The van der Waals surface area contributed by atoms with E-state index in [1.54, 1.807) is 0 Å². The topological polar surface area (TPSA) is 104 Å². The lowest BCUT2D eigenvalue weighted by Crippen LogP contribution is -2.20. The van der Waals surface area contributed by atoms with E-state index in [0.717, 1.165) is 6.07 Å². The molecule has 0 heterocycles. The van der Waals surface area contributed by atoms with Gasteiger partial charge in [-0.05, 0) is 6.92 Å². The Hall–Kier alpha value is -2.57. The van der Waals surface area contributed by atoms with E-state index in [9.17, 15) is 24.5 Å². The monoisotopic (exact) mass is 265 g/mol. The molecule has 0 spiro atoms. The summed E-state index contributed by atoms with van der Waals surface area (Å²) in [5.74, 6) is -2.72. The molecule has 1 aromatic carbocycles. The lowest BCUT2D eigenvalue weighted by Gasteiger charge is -2.01. The number of esters is 1. The minimum atomic E-state index is -1.08. The van der Waals surface area contributed by atoms with Gasteiger partial charge in [0.2, 0.25) is 5.78 Å². The van der Waals surface area contributed by atoms with Gasteiger partial charge in [0.05, 0.1) is 18.0 Å². The third-order valence-electron chi connectivity index (χ3n) is 2.20. The van der Waals surface area contributed by atoms with E-state index in [2.05, 4.69) is 4.74 Å². The van der Waals surface area contributed by atoms with E-state index in [4.69, 9.17) is 0 Å². The first-order valence-electron chi connectivity index (χ1n) is 5.43. The van der Waals surface area contributed by atoms with Gasteiger partial charge in [0.1, 0.15) is 0 Å². The summed E-state index contributed by atoms with van der Waals surface area (Å²) in [5, 5.41) is 10.5. The number of benzene rings is 1. The summed E-state index contributed by atoms with van der Waals surface area (Å²) in [5.41, 5.74) is -0.249. The molecule has 19 heavy (non-hydrogen) atoms. The molecule has 0 aliphatic rings. The Kier molecular flexibility index (Phi) is 4.87. The molecule has 0 N–H and O–H groups in total. The van der Waals surface area contributed by atoms with Crippen LogP contribution >= 0.6 is 0 Å². The molecule has 0 aromatic heterocycles. The molecular weight excluding hydrogens is 254 g/mol. The van der Waals surface area contributed by atoms with Crippen molar-refractivity contribution < 1.29 is 24.0 Å². The first-order chi connectivity index (χ1) is 8.95. The van der Waals surface area contributed by atoms with Crippen LogP contribution in [0.1, 0.15) is 23.7 Å². The van der Waals surface area contributed by atoms with Gasteiger partial charge in [-0.15, -0.1) is 0 Å². The van der Waals surface area contributed by atoms with Crippen molar-refractivity contribution >= 4 is 23.2 Å². The lowest BCUT2D eigenvalue weighted by molar-refractivity contribution is -0.384. The van der Waals surface area contributed by atoms with Crippen molar-refractivity contribution in [3.05, 3.63) is 39.9 Å². The van der Waals surface area contributed by atoms with E-state index in [1.807, 2.05) is 0 Å². The number of hydrogen-bond donors (Lipinski definition) is 0. The second-order valence-electron chi connectivity index (χ2n) is 3.55. The molecule has 0 saturated heterocycles. The van der Waals surface area contributed by atoms with E-state index in [1.165, 1.54) is 25.1 Å². The van der Waals surface area contributed by atoms with Crippen LogP contribution in [-0.2, 0) is 14.3 Å². The number of rotatable bonds is 6. The van der Waals surface area contributed by atoms with Gasteiger partial charge in [0.15, 0.2) is 5.78 Å². The normalized spacial score (nSPS) is 9.74. The number of Topliss-reactive ketones (excluding diaryl/α,β-unsaturated/α-hetero) is 2. The standard InChI is InChI=1S/C12H11NO6/c1-2-19-12(16)11(15)7-10(14)8-4-3-5-9(6-8)13(17)18/h3-6H,2,7H2,1H3. The van der Waals surface area contributed by atoms with Crippen LogP contribution in [0.2, 0.25) is 0 Å². The van der Waals surface area contributed by atoms with Crippen molar-refractivity contribution in [2.45, 2.75) is 13.3 Å². The Morgan fingerprint density at radius 3 is 2.58 bits per heavy atom. The van der Waals surface area contributed by atoms with Crippen LogP contribution in [0.3, 0.4) is 0 Å². The molecule has 0 radical (unpaired) electrons. The molecule has 0 bridgehead atoms. The van der Waals surface area contributed by atoms with Crippen LogP contribution in [0.4, 0.5) is 5.69 Å². The minimum Gasteiger partial charge on any atom is -0.460 e. The van der Waals surface area contributed by atoms with E-state index >= 15 is 0 Å². The van der Waals surface area contributed by atoms with Gasteiger partial charge in [-0.1, -0.05) is 12.1 Å². The fraction of sp³-hybridized carbons (Fsp3) is 0.250. The minimum absolute atomic E-state index is 0.00634. The number of nitrogens with zero attached hydrogens (tertiary/aromatic N) is 1. The lowest BCUT2D eigenvalue weighted by atomic mass is 10.1. The van der Waals surface area contributed by atoms with Crippen LogP contribution < -0.4 is 0 Å². The first-order valence-corrected chi connectivity index (χ1v) is 5.43. The quantitative estimate of drug-likeness (QED) is 0.192. The maximum Gasteiger partial charge on any atom is 0.375 e. The first kappa shape index (κ1) is 14.5. The summed E-state index contributed by atoms with van der Waals surface area (Å²) >= 11 is 0. The Morgan fingerprint density at radius 2 is 2.00 bits per heavy atom. The molecule has 0 fully saturated rings. The molecule has 0 amide bonds. The summed E-state index contributed by atoms with van der Waals surface area (Å²) in [6.45, 7) is 1.57. The Balaban J connectivity index is 2.78. The van der Waals surface area contributed by atoms with Crippen LogP contribution in [0.15, 0.2) is 24.3 Å². The van der Waals surface area contributed by atoms with Crippen LogP contribution in [-0.4, -0.2) is 29.1 Å². The Labute approximate surface area is 108 Å². The third-order valence-corrected chi connectivity index (χ3v) is 2.20. The van der Waals surface area contributed by atoms with Gasteiger partial charge < -0.3 is 4.74 Å². The van der Waals surface area contributed by atoms with E-state index < -0.39 is 28.9 Å². The van der Waals surface area contributed by atoms with Gasteiger partial charge in [0, 0.05) is 17.7 Å². The SMILES string of the molecule is CCOC(=O)C(=O)CC(=O)c1cccc([N+](=O)[O-])c1. The zero-order valence-electron chi connectivity index (χ0n) is 10.1. The molecule has 0 aliphatic carbocycles. The van der Waals surface area contributed by atoms with Crippen molar-refractivity contribution in [2.24, 2.45) is 0 Å². The number of carbonyl (C=O) groups excluding carboxylic acids is 3. The molecule has 0 saturated carbocycles. The van der Waals surface area contributed by atoms with Crippen LogP contribution in [0, 0.1) is 10.1 Å². The second kappa shape index (κ2) is 6.39. The number of hydrogen-bond acceptors (Lipinski definition) is 6. The van der Waals surface area contributed by atoms with Crippen LogP contribution in [0.5, 0.6) is 0 Å². The third kappa shape index (κ3) is 3.98. The number of ether oxygens (including phenoxy) is 1. The number of nitro benzene ring substituents is 1. The maximum absolute atomic E-state index is 11.7. The number of carbonyl (C=O) groups is 3. The highest BCUT2D eigenvalue weighted by Crippen LogP contribution is 2.14. The van der Waals surface area contributed by atoms with Gasteiger partial charge >= 0.3 is 5.97 Å². The average Bonchev–Trinajstić information content (AvgIpc) is 2.39. The molecule has 0 atom stereocenters. The predicted octanol–water partition coefficient (Wildman–Crippen LogP) is 1.30. The molecular formula is C12H11NO6. The van der Waals surface area contributed by atoms with E-state index in [0.29, 0.717) is 0 Å². The number of nitro groups is 1. The summed E-state index contributed by atoms with van der Waals surface area (Å²) < 4.78 is 4.45. The largest absolute Gasteiger partial charge is 0.460 e. The average molecular weight is 265 g/mol. The van der Waals surface area contributed by atoms with Gasteiger partial charge in [0.25, 0.3) is 5.69 Å². The van der Waals surface area contributed by atoms with Crippen molar-refractivity contribution in [1.82, 2.24) is 0 Å². The van der Waals surface area contributed by atoms with Gasteiger partial charge in [-0.3, -0.25) is 19.7 Å². The summed E-state index contributed by atoms with van der Waals surface area (Å²) in [6.07, 6.45) is -0.667. The highest BCUT2D eigenvalue weighted by Gasteiger charge is 2.21. The fourth-order valence-corrected chi connectivity index (χ4v) is 1.32. The summed E-state index contributed by atoms with van der Waals surface area (Å²) in [7, 11) is 0. The van der Waals surface area contributed by atoms with Crippen LogP contribution in [0.25, 0.3) is 0 Å². The number of non-ortho nitro benzene ring substituents is 1.